The van der Waals surface area contributed by atoms with Gasteiger partial charge in [0.1, 0.15) is 5.82 Å². The molecule has 0 amide bonds. The van der Waals surface area contributed by atoms with Gasteiger partial charge in [0.05, 0.1) is 7.11 Å². The van der Waals surface area contributed by atoms with Crippen molar-refractivity contribution in [3.63, 3.8) is 0 Å². The quantitative estimate of drug-likeness (QED) is 0.645. The molecule has 1 heterocycles. The van der Waals surface area contributed by atoms with Crippen LogP contribution in [0.2, 0.25) is 0 Å². The van der Waals surface area contributed by atoms with E-state index in [2.05, 4.69) is 9.84 Å². The highest BCUT2D eigenvalue weighted by Crippen LogP contribution is 2.04. The summed E-state index contributed by atoms with van der Waals surface area (Å²) < 4.78 is 5.84. The Morgan fingerprint density at radius 2 is 2.33 bits per heavy atom. The molecule has 1 aromatic heterocycles. The highest BCUT2D eigenvalue weighted by atomic mass is 35.5. The number of carbonyl (C=O) groups excluding carboxylic acids is 1. The zero-order valence-electron chi connectivity index (χ0n) is 6.77. The summed E-state index contributed by atoms with van der Waals surface area (Å²) >= 11 is 0. The van der Waals surface area contributed by atoms with Crippen LogP contribution in [0.5, 0.6) is 0 Å². The molecule has 0 spiro atoms. The molecule has 6 heteroatoms. The maximum absolute atomic E-state index is 10.8. The summed E-state index contributed by atoms with van der Waals surface area (Å²) in [6.07, 6.45) is 0. The minimum Gasteiger partial charge on any atom is -0.464 e. The van der Waals surface area contributed by atoms with Crippen LogP contribution in [0.3, 0.4) is 0 Å². The zero-order valence-corrected chi connectivity index (χ0v) is 7.59. The molecule has 0 fully saturated rings. The van der Waals surface area contributed by atoms with Crippen LogP contribution in [-0.2, 0) is 11.8 Å². The summed E-state index contributed by atoms with van der Waals surface area (Å²) in [5.41, 5.74) is 5.65. The fraction of sp³-hybridized carbons (Fsp3) is 0.333. The summed E-state index contributed by atoms with van der Waals surface area (Å²) in [7, 11) is 2.95. The van der Waals surface area contributed by atoms with E-state index in [4.69, 9.17) is 5.73 Å². The fourth-order valence-corrected chi connectivity index (χ4v) is 0.686. The van der Waals surface area contributed by atoms with E-state index in [-0.39, 0.29) is 18.1 Å². The van der Waals surface area contributed by atoms with Gasteiger partial charge in [-0.3, -0.25) is 4.68 Å². The molecule has 0 saturated heterocycles. The molecule has 1 rings (SSSR count). The Morgan fingerprint density at radius 1 is 1.75 bits per heavy atom. The third kappa shape index (κ3) is 1.88. The Balaban J connectivity index is 0.00000121. The van der Waals surface area contributed by atoms with Crippen LogP contribution in [0.15, 0.2) is 6.07 Å². The normalized spacial score (nSPS) is 8.83. The number of aryl methyl sites for hydroxylation is 1. The van der Waals surface area contributed by atoms with Crippen molar-refractivity contribution in [3.05, 3.63) is 11.8 Å². The average molecular weight is 192 g/mol. The van der Waals surface area contributed by atoms with Gasteiger partial charge >= 0.3 is 5.97 Å². The van der Waals surface area contributed by atoms with Crippen molar-refractivity contribution in [2.24, 2.45) is 7.05 Å². The van der Waals surface area contributed by atoms with E-state index in [1.54, 1.807) is 7.05 Å². The first-order valence-corrected chi connectivity index (χ1v) is 3.03. The van der Waals surface area contributed by atoms with Crippen LogP contribution in [-0.4, -0.2) is 22.9 Å². The summed E-state index contributed by atoms with van der Waals surface area (Å²) in [6, 6.07) is 1.46. The molecular weight excluding hydrogens is 182 g/mol. The number of nitrogen functional groups attached to an aromatic ring is 1. The van der Waals surface area contributed by atoms with E-state index < -0.39 is 5.97 Å². The van der Waals surface area contributed by atoms with Crippen molar-refractivity contribution in [3.8, 4) is 0 Å². The maximum Gasteiger partial charge on any atom is 0.358 e. The predicted octanol–water partition coefficient (Wildman–Crippen LogP) is 0.211. The van der Waals surface area contributed by atoms with Crippen molar-refractivity contribution >= 4 is 24.2 Å². The van der Waals surface area contributed by atoms with Gasteiger partial charge in [-0.2, -0.15) is 5.10 Å². The Labute approximate surface area is 75.9 Å². The lowest BCUT2D eigenvalue weighted by atomic mass is 10.4. The summed E-state index contributed by atoms with van der Waals surface area (Å²) in [5.74, 6) is -0.0392. The number of halogens is 1. The molecule has 0 unspecified atom stereocenters. The van der Waals surface area contributed by atoms with E-state index in [0.717, 1.165) is 0 Å². The Bertz CT molecular complexity index is 265. The predicted molar refractivity (Wildman–Crippen MR) is 46.2 cm³/mol. The van der Waals surface area contributed by atoms with Crippen LogP contribution >= 0.6 is 12.4 Å². The minimum absolute atomic E-state index is 0. The number of carbonyl (C=O) groups is 1. The third-order valence-electron chi connectivity index (χ3n) is 1.31. The number of esters is 1. The van der Waals surface area contributed by atoms with Crippen molar-refractivity contribution in [1.29, 1.82) is 0 Å². The van der Waals surface area contributed by atoms with Gasteiger partial charge in [-0.15, -0.1) is 12.4 Å². The first-order chi connectivity index (χ1) is 5.15. The third-order valence-corrected chi connectivity index (χ3v) is 1.31. The summed E-state index contributed by atoms with van der Waals surface area (Å²) in [5, 5.41) is 3.80. The number of anilines is 1. The first-order valence-electron chi connectivity index (χ1n) is 3.03. The van der Waals surface area contributed by atoms with Crippen molar-refractivity contribution in [2.45, 2.75) is 0 Å². The van der Waals surface area contributed by atoms with Crippen LogP contribution in [0.1, 0.15) is 10.5 Å². The van der Waals surface area contributed by atoms with E-state index in [9.17, 15) is 4.79 Å². The maximum atomic E-state index is 10.8. The van der Waals surface area contributed by atoms with E-state index in [1.807, 2.05) is 0 Å². The second kappa shape index (κ2) is 3.96. The van der Waals surface area contributed by atoms with Crippen LogP contribution in [0.25, 0.3) is 0 Å². The number of methoxy groups -OCH3 is 1. The molecule has 5 nitrogen and oxygen atoms in total. The van der Waals surface area contributed by atoms with Gasteiger partial charge in [-0.25, -0.2) is 4.79 Å². The number of ether oxygens (including phenoxy) is 1. The zero-order chi connectivity index (χ0) is 8.43. The van der Waals surface area contributed by atoms with Crippen LogP contribution < -0.4 is 5.73 Å². The topological polar surface area (TPSA) is 70.1 Å². The minimum atomic E-state index is -0.475. The van der Waals surface area contributed by atoms with E-state index in [0.29, 0.717) is 5.82 Å². The molecule has 68 valence electrons. The second-order valence-corrected chi connectivity index (χ2v) is 2.07. The van der Waals surface area contributed by atoms with Gasteiger partial charge < -0.3 is 10.5 Å². The lowest BCUT2D eigenvalue weighted by Gasteiger charge is -1.90. The first kappa shape index (κ1) is 10.8. The molecule has 0 saturated carbocycles. The number of hydrogen-bond donors (Lipinski definition) is 1. The Kier molecular flexibility index (Phi) is 3.56. The molecule has 2 N–H and O–H groups in total. The number of rotatable bonds is 1. The average Bonchev–Trinajstić information content (AvgIpc) is 2.31. The molecule has 0 aliphatic heterocycles. The molecule has 0 atom stereocenters. The summed E-state index contributed by atoms with van der Waals surface area (Å²) in [6.45, 7) is 0. The lowest BCUT2D eigenvalue weighted by molar-refractivity contribution is 0.0593. The number of nitrogens with zero attached hydrogens (tertiary/aromatic N) is 2. The monoisotopic (exact) mass is 191 g/mol. The SMILES string of the molecule is COC(=O)c1cc(N)n(C)n1.Cl. The Morgan fingerprint density at radius 3 is 2.67 bits per heavy atom. The van der Waals surface area contributed by atoms with Crippen molar-refractivity contribution in [1.82, 2.24) is 9.78 Å². The molecule has 0 bridgehead atoms. The summed E-state index contributed by atoms with van der Waals surface area (Å²) in [4.78, 5) is 10.8. The van der Waals surface area contributed by atoms with Gasteiger partial charge in [0.15, 0.2) is 5.69 Å². The highest BCUT2D eigenvalue weighted by Gasteiger charge is 2.10. The molecule has 0 aliphatic carbocycles. The lowest BCUT2D eigenvalue weighted by Crippen LogP contribution is -2.03. The molecule has 0 aliphatic rings. The smallest absolute Gasteiger partial charge is 0.358 e. The number of hydrogen-bond acceptors (Lipinski definition) is 4. The molecular formula is C6H10ClN3O2. The second-order valence-electron chi connectivity index (χ2n) is 2.07. The standard InChI is InChI=1S/C6H9N3O2.ClH/c1-9-5(7)3-4(8-9)6(10)11-2;/h3H,7H2,1-2H3;1H. The van der Waals surface area contributed by atoms with Crippen LogP contribution in [0.4, 0.5) is 5.82 Å². The molecule has 0 radical (unpaired) electrons. The van der Waals surface area contributed by atoms with E-state index >= 15 is 0 Å². The van der Waals surface area contributed by atoms with E-state index in [1.165, 1.54) is 17.9 Å². The largest absolute Gasteiger partial charge is 0.464 e. The molecule has 0 aromatic carbocycles. The van der Waals surface area contributed by atoms with Gasteiger partial charge in [-0.05, 0) is 0 Å². The van der Waals surface area contributed by atoms with Crippen molar-refractivity contribution < 1.29 is 9.53 Å². The number of nitrogens with two attached hydrogens (primary N) is 1. The number of aromatic nitrogens is 2. The molecule has 1 aromatic rings. The van der Waals surface area contributed by atoms with Gasteiger partial charge in [0, 0.05) is 13.1 Å². The Hall–Kier alpha value is -1.23. The van der Waals surface area contributed by atoms with Gasteiger partial charge in [-0.1, -0.05) is 0 Å². The van der Waals surface area contributed by atoms with Gasteiger partial charge in [0.2, 0.25) is 0 Å². The molecule has 12 heavy (non-hydrogen) atoms. The fourth-order valence-electron chi connectivity index (χ4n) is 0.686. The van der Waals surface area contributed by atoms with Crippen LogP contribution in [0, 0.1) is 0 Å². The van der Waals surface area contributed by atoms with Gasteiger partial charge in [0.25, 0.3) is 0 Å². The highest BCUT2D eigenvalue weighted by molar-refractivity contribution is 5.87. The van der Waals surface area contributed by atoms with Crippen molar-refractivity contribution in [2.75, 3.05) is 12.8 Å².